The van der Waals surface area contributed by atoms with Crippen molar-refractivity contribution in [2.75, 3.05) is 0 Å². The molecule has 2 aliphatic heterocycles. The van der Waals surface area contributed by atoms with Crippen LogP contribution in [-0.4, -0.2) is 32.3 Å². The third-order valence-corrected chi connectivity index (χ3v) is 5.25. The van der Waals surface area contributed by atoms with Crippen LogP contribution in [0.15, 0.2) is 23.1 Å². The quantitative estimate of drug-likeness (QED) is 0.808. The zero-order valence-electron chi connectivity index (χ0n) is 11.4. The molecule has 2 heterocycles. The first kappa shape index (κ1) is 13.9. The molecule has 21 heavy (non-hydrogen) atoms. The van der Waals surface area contributed by atoms with Crippen LogP contribution in [0.1, 0.15) is 35.7 Å². The predicted molar refractivity (Wildman–Crippen MR) is 74.6 cm³/mol. The Kier molecular flexibility index (Phi) is 3.36. The number of hydrogen-bond donors (Lipinski definition) is 1. The lowest BCUT2D eigenvalue weighted by molar-refractivity contribution is -0.135. The van der Waals surface area contributed by atoms with Crippen molar-refractivity contribution in [2.24, 2.45) is 0 Å². The molecule has 2 unspecified atom stereocenters. The fourth-order valence-electron chi connectivity index (χ4n) is 2.58. The lowest BCUT2D eigenvalue weighted by Gasteiger charge is -2.27. The van der Waals surface area contributed by atoms with Crippen LogP contribution in [0.3, 0.4) is 0 Å². The summed E-state index contributed by atoms with van der Waals surface area (Å²) in [5, 5.41) is 2.19. The van der Waals surface area contributed by atoms with Gasteiger partial charge >= 0.3 is 0 Å². The van der Waals surface area contributed by atoms with Gasteiger partial charge in [0.2, 0.25) is 5.91 Å². The molecule has 3 amide bonds. The van der Waals surface area contributed by atoms with Crippen molar-refractivity contribution in [3.05, 3.63) is 29.3 Å². The monoisotopic (exact) mass is 306 g/mol. The van der Waals surface area contributed by atoms with Gasteiger partial charge in [0.25, 0.3) is 11.8 Å². The number of hydrogen-bond acceptors (Lipinski definition) is 4. The minimum absolute atomic E-state index is 0.147. The molecular formula is C14H14N2O4S. The second-order valence-electron chi connectivity index (χ2n) is 5.03. The highest BCUT2D eigenvalue weighted by Gasteiger charge is 2.44. The van der Waals surface area contributed by atoms with Gasteiger partial charge in [-0.2, -0.15) is 0 Å². The molecule has 2 aliphatic rings. The van der Waals surface area contributed by atoms with Gasteiger partial charge < -0.3 is 0 Å². The van der Waals surface area contributed by atoms with E-state index in [4.69, 9.17) is 0 Å². The van der Waals surface area contributed by atoms with E-state index in [1.54, 1.807) is 12.1 Å². The van der Waals surface area contributed by atoms with Crippen LogP contribution in [-0.2, 0) is 27.0 Å². The molecule has 7 heteroatoms. The van der Waals surface area contributed by atoms with Crippen molar-refractivity contribution in [2.45, 2.75) is 37.1 Å². The second-order valence-corrected chi connectivity index (χ2v) is 6.36. The number of rotatable bonds is 2. The Labute approximate surface area is 124 Å². The topological polar surface area (TPSA) is 83.6 Å². The third kappa shape index (κ3) is 2.17. The third-order valence-electron chi connectivity index (χ3n) is 3.74. The van der Waals surface area contributed by atoms with Crippen molar-refractivity contribution in [1.82, 2.24) is 9.62 Å². The number of fused-ring (bicyclic) bond motifs is 1. The molecule has 0 saturated carbocycles. The number of piperidine rings is 1. The number of carbonyl (C=O) groups is 3. The minimum atomic E-state index is -1.69. The van der Waals surface area contributed by atoms with Crippen LogP contribution in [0.2, 0.25) is 0 Å². The van der Waals surface area contributed by atoms with E-state index >= 15 is 0 Å². The maximum absolute atomic E-state index is 12.5. The molecule has 1 N–H and O–H groups in total. The number of benzene rings is 1. The van der Waals surface area contributed by atoms with E-state index in [1.165, 1.54) is 0 Å². The SMILES string of the molecule is CCc1ccc2c(c1)C(=O)N(C1CCC(=O)NC1=O)S2=O. The summed E-state index contributed by atoms with van der Waals surface area (Å²) >= 11 is 0. The smallest absolute Gasteiger partial charge is 0.267 e. The molecule has 1 aromatic carbocycles. The molecule has 1 aromatic rings. The Morgan fingerprint density at radius 3 is 2.76 bits per heavy atom. The summed E-state index contributed by atoms with van der Waals surface area (Å²) in [5.41, 5.74) is 1.36. The van der Waals surface area contributed by atoms with Crippen molar-refractivity contribution in [3.8, 4) is 0 Å². The standard InChI is InChI=1S/C14H14N2O4S/c1-2-8-3-5-11-9(7-8)14(19)16(21(11)20)10-4-6-12(17)15-13(10)18/h3,5,7,10H,2,4,6H2,1H3,(H,15,17,18). The first-order chi connectivity index (χ1) is 10.0. The van der Waals surface area contributed by atoms with E-state index in [-0.39, 0.29) is 18.7 Å². The van der Waals surface area contributed by atoms with E-state index in [1.807, 2.05) is 13.0 Å². The lowest BCUT2D eigenvalue weighted by Crippen LogP contribution is -2.53. The highest BCUT2D eigenvalue weighted by Crippen LogP contribution is 2.31. The summed E-state index contributed by atoms with van der Waals surface area (Å²) in [7, 11) is -1.69. The summed E-state index contributed by atoms with van der Waals surface area (Å²) in [6, 6.07) is 4.38. The molecule has 0 spiro atoms. The molecule has 0 aliphatic carbocycles. The summed E-state index contributed by atoms with van der Waals surface area (Å²) in [6.45, 7) is 1.97. The Bertz CT molecular complexity index is 686. The highest BCUT2D eigenvalue weighted by molar-refractivity contribution is 7.84. The maximum atomic E-state index is 12.5. The van der Waals surface area contributed by atoms with Crippen molar-refractivity contribution < 1.29 is 18.6 Å². The zero-order valence-corrected chi connectivity index (χ0v) is 12.2. The average molecular weight is 306 g/mol. The van der Waals surface area contributed by atoms with Crippen molar-refractivity contribution >= 4 is 28.7 Å². The van der Waals surface area contributed by atoms with Gasteiger partial charge in [-0.3, -0.25) is 19.7 Å². The van der Waals surface area contributed by atoms with E-state index in [2.05, 4.69) is 5.32 Å². The molecule has 3 rings (SSSR count). The van der Waals surface area contributed by atoms with Gasteiger partial charge in [-0.05, 0) is 30.5 Å². The molecule has 1 saturated heterocycles. The molecule has 6 nitrogen and oxygen atoms in total. The van der Waals surface area contributed by atoms with Gasteiger partial charge in [-0.15, -0.1) is 0 Å². The van der Waals surface area contributed by atoms with Gasteiger partial charge in [-0.1, -0.05) is 13.0 Å². The number of nitrogens with zero attached hydrogens (tertiary/aromatic N) is 1. The van der Waals surface area contributed by atoms with E-state index in [9.17, 15) is 18.6 Å². The predicted octanol–water partition coefficient (Wildman–Crippen LogP) is 0.533. The summed E-state index contributed by atoms with van der Waals surface area (Å²) in [6.07, 6.45) is 1.12. The Morgan fingerprint density at radius 2 is 2.10 bits per heavy atom. The molecule has 2 atom stereocenters. The number of amides is 3. The first-order valence-electron chi connectivity index (χ1n) is 6.75. The molecule has 0 radical (unpaired) electrons. The minimum Gasteiger partial charge on any atom is -0.295 e. The second kappa shape index (κ2) is 5.07. The molecule has 0 aromatic heterocycles. The first-order valence-corrected chi connectivity index (χ1v) is 7.85. The Morgan fingerprint density at radius 1 is 1.33 bits per heavy atom. The number of nitrogens with one attached hydrogen (secondary N) is 1. The zero-order chi connectivity index (χ0) is 15.1. The van der Waals surface area contributed by atoms with Gasteiger partial charge in [0.1, 0.15) is 6.04 Å². The van der Waals surface area contributed by atoms with Gasteiger partial charge in [-0.25, -0.2) is 8.51 Å². The normalized spacial score (nSPS) is 25.0. The molecule has 0 bridgehead atoms. The van der Waals surface area contributed by atoms with Crippen LogP contribution in [0.4, 0.5) is 0 Å². The van der Waals surface area contributed by atoms with Crippen molar-refractivity contribution in [1.29, 1.82) is 0 Å². The highest BCUT2D eigenvalue weighted by atomic mass is 32.2. The average Bonchev–Trinajstić information content (AvgIpc) is 2.71. The van der Waals surface area contributed by atoms with Crippen LogP contribution in [0.25, 0.3) is 0 Å². The Hall–Kier alpha value is -2.02. The van der Waals surface area contributed by atoms with Crippen LogP contribution in [0.5, 0.6) is 0 Å². The van der Waals surface area contributed by atoms with Gasteiger partial charge in [0.05, 0.1) is 10.5 Å². The Balaban J connectivity index is 1.96. The lowest BCUT2D eigenvalue weighted by atomic mass is 10.0. The number of carbonyl (C=O) groups excluding carboxylic acids is 3. The number of imide groups is 1. The summed E-state index contributed by atoms with van der Waals surface area (Å²) in [4.78, 5) is 36.0. The van der Waals surface area contributed by atoms with Crippen molar-refractivity contribution in [3.63, 3.8) is 0 Å². The van der Waals surface area contributed by atoms with Crippen LogP contribution < -0.4 is 5.32 Å². The fraction of sp³-hybridized carbons (Fsp3) is 0.357. The van der Waals surface area contributed by atoms with E-state index in [0.29, 0.717) is 10.5 Å². The molecule has 1 fully saturated rings. The van der Waals surface area contributed by atoms with Crippen LogP contribution >= 0.6 is 0 Å². The van der Waals surface area contributed by atoms with E-state index in [0.717, 1.165) is 16.3 Å². The fourth-order valence-corrected chi connectivity index (χ4v) is 3.99. The molecular weight excluding hydrogens is 292 g/mol. The summed E-state index contributed by atoms with van der Waals surface area (Å²) in [5.74, 6) is -1.33. The van der Waals surface area contributed by atoms with Crippen LogP contribution in [0, 0.1) is 0 Å². The van der Waals surface area contributed by atoms with E-state index < -0.39 is 28.8 Å². The van der Waals surface area contributed by atoms with Gasteiger partial charge in [0, 0.05) is 6.42 Å². The largest absolute Gasteiger partial charge is 0.295 e. The molecule has 110 valence electrons. The maximum Gasteiger partial charge on any atom is 0.267 e. The summed E-state index contributed by atoms with van der Waals surface area (Å²) < 4.78 is 13.6. The van der Waals surface area contributed by atoms with Gasteiger partial charge in [0.15, 0.2) is 11.0 Å². The number of aryl methyl sites for hydroxylation is 1.